The molecular formula is C27H24N4O4. The predicted octanol–water partition coefficient (Wildman–Crippen LogP) is 4.06. The van der Waals surface area contributed by atoms with Crippen molar-refractivity contribution < 1.29 is 19.1 Å². The Kier molecular flexibility index (Phi) is 6.33. The van der Waals surface area contributed by atoms with Crippen molar-refractivity contribution in [2.24, 2.45) is 0 Å². The number of carbonyl (C=O) groups excluding carboxylic acids is 2. The number of hydrogen-bond donors (Lipinski definition) is 2. The maximum Gasteiger partial charge on any atom is 0.414 e. The second-order valence-corrected chi connectivity index (χ2v) is 8.49. The zero-order valence-corrected chi connectivity index (χ0v) is 19.0. The highest BCUT2D eigenvalue weighted by Gasteiger charge is 2.32. The molecule has 1 unspecified atom stereocenters. The first-order valence-electron chi connectivity index (χ1n) is 11.4. The van der Waals surface area contributed by atoms with Gasteiger partial charge >= 0.3 is 6.09 Å². The van der Waals surface area contributed by atoms with Gasteiger partial charge in [0.2, 0.25) is 0 Å². The average molecular weight is 469 g/mol. The van der Waals surface area contributed by atoms with Crippen molar-refractivity contribution in [2.45, 2.75) is 19.1 Å². The molecule has 176 valence electrons. The molecule has 2 aliphatic rings. The molecule has 3 aromatic carbocycles. The van der Waals surface area contributed by atoms with Crippen molar-refractivity contribution in [2.75, 3.05) is 29.9 Å². The van der Waals surface area contributed by atoms with Crippen LogP contribution in [0.15, 0.2) is 66.7 Å². The van der Waals surface area contributed by atoms with E-state index >= 15 is 0 Å². The molecule has 8 nitrogen and oxygen atoms in total. The van der Waals surface area contributed by atoms with Crippen LogP contribution in [0.5, 0.6) is 5.75 Å². The van der Waals surface area contributed by atoms with Crippen molar-refractivity contribution in [3.8, 4) is 22.9 Å². The Hall–Kier alpha value is -4.35. The van der Waals surface area contributed by atoms with E-state index < -0.39 is 6.09 Å². The highest BCUT2D eigenvalue weighted by molar-refractivity contribution is 5.97. The molecule has 8 heteroatoms. The number of anilines is 2. The highest BCUT2D eigenvalue weighted by atomic mass is 16.6. The third-order valence-corrected chi connectivity index (χ3v) is 6.01. The van der Waals surface area contributed by atoms with Gasteiger partial charge in [-0.3, -0.25) is 9.69 Å². The normalized spacial score (nSPS) is 16.7. The van der Waals surface area contributed by atoms with Crippen LogP contribution < -0.4 is 20.3 Å². The molecule has 2 aliphatic heterocycles. The number of fused-ring (bicyclic) bond motifs is 1. The summed E-state index contributed by atoms with van der Waals surface area (Å²) >= 11 is 0. The molecule has 3 aromatic rings. The van der Waals surface area contributed by atoms with Crippen LogP contribution in [0.4, 0.5) is 16.2 Å². The summed E-state index contributed by atoms with van der Waals surface area (Å²) < 4.78 is 10.9. The van der Waals surface area contributed by atoms with Gasteiger partial charge in [-0.1, -0.05) is 30.3 Å². The molecule has 0 saturated carbocycles. The molecule has 0 aromatic heterocycles. The van der Waals surface area contributed by atoms with Crippen LogP contribution in [0.3, 0.4) is 0 Å². The number of amides is 2. The quantitative estimate of drug-likeness (QED) is 0.507. The Morgan fingerprint density at radius 1 is 1.06 bits per heavy atom. The lowest BCUT2D eigenvalue weighted by atomic mass is 10.0. The summed E-state index contributed by atoms with van der Waals surface area (Å²) in [7, 11) is 0. The Morgan fingerprint density at radius 3 is 2.74 bits per heavy atom. The molecule has 0 bridgehead atoms. The van der Waals surface area contributed by atoms with Crippen LogP contribution in [-0.2, 0) is 16.1 Å². The zero-order valence-electron chi connectivity index (χ0n) is 19.0. The monoisotopic (exact) mass is 468 g/mol. The number of ether oxygens (including phenoxy) is 2. The lowest BCUT2D eigenvalue weighted by molar-refractivity contribution is -0.118. The molecule has 5 rings (SSSR count). The SMILES string of the molecule is N#Cc1cccc(-c2cccc(CNCCC3CN(c4ccc5c(c4)NC(=O)CO5)C(=O)O3)c2)c1. The minimum absolute atomic E-state index is 0.00808. The largest absolute Gasteiger partial charge is 0.482 e. The number of nitrogens with zero attached hydrogens (tertiary/aromatic N) is 2. The standard InChI is InChI=1S/C27H24N4O4/c28-14-18-3-1-5-20(11-18)21-6-2-4-19(12-21)15-29-10-9-23-16-31(27(33)35-23)22-7-8-25-24(13-22)30-26(32)17-34-25/h1-8,11-13,23,29H,9-10,15-17H2,(H,30,32). The Labute approximate surface area is 203 Å². The minimum atomic E-state index is -0.398. The number of nitriles is 1. The summed E-state index contributed by atoms with van der Waals surface area (Å²) in [6, 6.07) is 23.2. The van der Waals surface area contributed by atoms with Crippen molar-refractivity contribution in [1.29, 1.82) is 5.26 Å². The summed E-state index contributed by atoms with van der Waals surface area (Å²) in [5.74, 6) is 0.368. The summed E-state index contributed by atoms with van der Waals surface area (Å²) in [5.41, 5.74) is 5.06. The third kappa shape index (κ3) is 5.10. The van der Waals surface area contributed by atoms with Crippen molar-refractivity contribution >= 4 is 23.4 Å². The van der Waals surface area contributed by atoms with Gasteiger partial charge in [-0.2, -0.15) is 5.26 Å². The first-order valence-corrected chi connectivity index (χ1v) is 11.4. The van der Waals surface area contributed by atoms with E-state index in [1.165, 1.54) is 0 Å². The number of rotatable bonds is 7. The summed E-state index contributed by atoms with van der Waals surface area (Å²) in [4.78, 5) is 25.6. The van der Waals surface area contributed by atoms with Gasteiger partial charge < -0.3 is 20.1 Å². The van der Waals surface area contributed by atoms with Crippen LogP contribution in [0.2, 0.25) is 0 Å². The summed E-state index contributed by atoms with van der Waals surface area (Å²) in [6.07, 6.45) is 0.0546. The topological polar surface area (TPSA) is 104 Å². The number of nitrogens with one attached hydrogen (secondary N) is 2. The Balaban J connectivity index is 1.14. The fraction of sp³-hybridized carbons (Fsp3) is 0.222. The molecule has 2 heterocycles. The molecule has 1 atom stereocenters. The summed E-state index contributed by atoms with van der Waals surface area (Å²) in [6.45, 7) is 1.80. The van der Waals surface area contributed by atoms with Gasteiger partial charge in [-0.25, -0.2) is 4.79 Å². The summed E-state index contributed by atoms with van der Waals surface area (Å²) in [5, 5.41) is 15.3. The second kappa shape index (κ2) is 9.87. The minimum Gasteiger partial charge on any atom is -0.482 e. The van der Waals surface area contributed by atoms with E-state index in [-0.39, 0.29) is 18.6 Å². The number of carbonyl (C=O) groups is 2. The van der Waals surface area contributed by atoms with Crippen LogP contribution in [0.25, 0.3) is 11.1 Å². The number of benzene rings is 3. The molecule has 2 N–H and O–H groups in total. The van der Waals surface area contributed by atoms with Gasteiger partial charge in [0.05, 0.1) is 23.9 Å². The lowest BCUT2D eigenvalue weighted by Gasteiger charge is -2.20. The molecule has 1 fully saturated rings. The maximum absolute atomic E-state index is 12.4. The van der Waals surface area contributed by atoms with Crippen LogP contribution in [-0.4, -0.2) is 37.8 Å². The fourth-order valence-corrected chi connectivity index (χ4v) is 4.25. The molecule has 35 heavy (non-hydrogen) atoms. The van der Waals surface area contributed by atoms with Gasteiger partial charge in [0, 0.05) is 12.2 Å². The lowest BCUT2D eigenvalue weighted by Crippen LogP contribution is -2.28. The van der Waals surface area contributed by atoms with Crippen molar-refractivity contribution in [3.05, 3.63) is 77.9 Å². The van der Waals surface area contributed by atoms with Crippen molar-refractivity contribution in [3.63, 3.8) is 0 Å². The zero-order chi connectivity index (χ0) is 24.2. The highest BCUT2D eigenvalue weighted by Crippen LogP contribution is 2.33. The number of cyclic esters (lactones) is 1. The Bertz CT molecular complexity index is 1320. The molecule has 0 radical (unpaired) electrons. The van der Waals surface area contributed by atoms with Gasteiger partial charge in [0.15, 0.2) is 6.61 Å². The van der Waals surface area contributed by atoms with Gasteiger partial charge in [0.25, 0.3) is 5.91 Å². The average Bonchev–Trinajstić information content (AvgIpc) is 3.26. The van der Waals surface area contributed by atoms with E-state index in [0.717, 1.165) is 16.7 Å². The van der Waals surface area contributed by atoms with E-state index in [9.17, 15) is 9.59 Å². The van der Waals surface area contributed by atoms with E-state index in [1.54, 1.807) is 29.2 Å². The number of hydrogen-bond acceptors (Lipinski definition) is 6. The van der Waals surface area contributed by atoms with E-state index in [0.29, 0.717) is 48.7 Å². The Morgan fingerprint density at radius 2 is 1.89 bits per heavy atom. The third-order valence-electron chi connectivity index (χ3n) is 6.01. The van der Waals surface area contributed by atoms with Gasteiger partial charge in [-0.15, -0.1) is 0 Å². The van der Waals surface area contributed by atoms with Crippen molar-refractivity contribution in [1.82, 2.24) is 5.32 Å². The molecular weight excluding hydrogens is 444 g/mol. The van der Waals surface area contributed by atoms with Gasteiger partial charge in [-0.05, 0) is 66.1 Å². The predicted molar refractivity (Wildman–Crippen MR) is 131 cm³/mol. The van der Waals surface area contributed by atoms with Crippen LogP contribution in [0, 0.1) is 11.3 Å². The van der Waals surface area contributed by atoms with Crippen LogP contribution >= 0.6 is 0 Å². The molecule has 0 spiro atoms. The van der Waals surface area contributed by atoms with Gasteiger partial charge in [0.1, 0.15) is 11.9 Å². The first kappa shape index (κ1) is 22.4. The smallest absolute Gasteiger partial charge is 0.414 e. The molecule has 1 saturated heterocycles. The van der Waals surface area contributed by atoms with E-state index in [4.69, 9.17) is 14.7 Å². The second-order valence-electron chi connectivity index (χ2n) is 8.49. The first-order chi connectivity index (χ1) is 17.1. The molecule has 0 aliphatic carbocycles. The van der Waals surface area contributed by atoms with E-state index in [2.05, 4.69) is 28.8 Å². The van der Waals surface area contributed by atoms with E-state index in [1.807, 2.05) is 30.3 Å². The maximum atomic E-state index is 12.4. The molecule has 2 amide bonds. The van der Waals surface area contributed by atoms with Crippen LogP contribution in [0.1, 0.15) is 17.5 Å². The fourth-order valence-electron chi connectivity index (χ4n) is 4.25.